The number of carbonyl (C=O) groups is 1. The summed E-state index contributed by atoms with van der Waals surface area (Å²) in [5, 5.41) is 6.45. The maximum atomic E-state index is 12.8. The molecule has 3 aromatic rings. The zero-order chi connectivity index (χ0) is 17.2. The summed E-state index contributed by atoms with van der Waals surface area (Å²) in [6.45, 7) is 2.80. The largest absolute Gasteiger partial charge is 0.334 e. The third-order valence-corrected chi connectivity index (χ3v) is 5.73. The highest BCUT2D eigenvalue weighted by Crippen LogP contribution is 2.31. The molecule has 0 spiro atoms. The summed E-state index contributed by atoms with van der Waals surface area (Å²) in [7, 11) is 0. The summed E-state index contributed by atoms with van der Waals surface area (Å²) in [5.74, 6) is 0.240. The van der Waals surface area contributed by atoms with Crippen molar-refractivity contribution in [2.75, 3.05) is 6.54 Å². The van der Waals surface area contributed by atoms with Gasteiger partial charge in [0.2, 0.25) is 5.91 Å². The topological polar surface area (TPSA) is 50.5 Å². The van der Waals surface area contributed by atoms with Gasteiger partial charge in [-0.25, -0.2) is 9.50 Å². The van der Waals surface area contributed by atoms with Crippen LogP contribution in [0.4, 0.5) is 0 Å². The summed E-state index contributed by atoms with van der Waals surface area (Å²) >= 11 is 1.72. The minimum atomic E-state index is 0.0878. The molecule has 1 saturated heterocycles. The van der Waals surface area contributed by atoms with E-state index in [1.54, 1.807) is 15.9 Å². The van der Waals surface area contributed by atoms with E-state index in [4.69, 9.17) is 4.98 Å². The van der Waals surface area contributed by atoms with Gasteiger partial charge in [-0.1, -0.05) is 6.07 Å². The quantitative estimate of drug-likeness (QED) is 0.716. The van der Waals surface area contributed by atoms with Crippen molar-refractivity contribution in [3.63, 3.8) is 0 Å². The van der Waals surface area contributed by atoms with Crippen LogP contribution in [0.3, 0.4) is 0 Å². The molecule has 1 atom stereocenters. The van der Waals surface area contributed by atoms with Gasteiger partial charge in [-0.2, -0.15) is 5.10 Å². The molecule has 4 heterocycles. The predicted molar refractivity (Wildman–Crippen MR) is 98.7 cm³/mol. The van der Waals surface area contributed by atoms with Crippen molar-refractivity contribution in [1.82, 2.24) is 19.5 Å². The first-order valence-electron chi connectivity index (χ1n) is 8.85. The number of rotatable bonds is 4. The van der Waals surface area contributed by atoms with Crippen LogP contribution < -0.4 is 0 Å². The Kier molecular flexibility index (Phi) is 4.53. The summed E-state index contributed by atoms with van der Waals surface area (Å²) < 4.78 is 1.80. The second kappa shape index (κ2) is 6.96. The SMILES string of the molecule is Cc1cc2nc(C3CCCCN3C(=O)CCc3cccs3)ccn2n1. The highest BCUT2D eigenvalue weighted by atomic mass is 32.1. The zero-order valence-electron chi connectivity index (χ0n) is 14.4. The third kappa shape index (κ3) is 3.44. The van der Waals surface area contributed by atoms with Crippen molar-refractivity contribution in [2.45, 2.75) is 45.1 Å². The van der Waals surface area contributed by atoms with Gasteiger partial charge in [0.25, 0.3) is 0 Å². The fraction of sp³-hybridized carbons (Fsp3) is 0.421. The molecule has 1 amide bonds. The van der Waals surface area contributed by atoms with Crippen molar-refractivity contribution in [3.8, 4) is 0 Å². The highest BCUT2D eigenvalue weighted by Gasteiger charge is 2.28. The predicted octanol–water partition coefficient (Wildman–Crippen LogP) is 3.79. The summed E-state index contributed by atoms with van der Waals surface area (Å²) in [6, 6.07) is 8.22. The van der Waals surface area contributed by atoms with Crippen LogP contribution in [0.5, 0.6) is 0 Å². The molecule has 0 aliphatic carbocycles. The molecule has 0 N–H and O–H groups in total. The van der Waals surface area contributed by atoms with E-state index in [9.17, 15) is 4.79 Å². The van der Waals surface area contributed by atoms with Crippen LogP contribution in [0.1, 0.15) is 48.0 Å². The monoisotopic (exact) mass is 354 g/mol. The molecule has 1 unspecified atom stereocenters. The van der Waals surface area contributed by atoms with Crippen LogP contribution in [0.25, 0.3) is 5.65 Å². The molecule has 0 radical (unpaired) electrons. The first kappa shape index (κ1) is 16.3. The molecule has 5 nitrogen and oxygen atoms in total. The normalized spacial score (nSPS) is 18.0. The Morgan fingerprint density at radius 1 is 1.36 bits per heavy atom. The average molecular weight is 354 g/mol. The fourth-order valence-electron chi connectivity index (χ4n) is 3.56. The van der Waals surface area contributed by atoms with E-state index in [0.717, 1.165) is 49.3 Å². The van der Waals surface area contributed by atoms with E-state index >= 15 is 0 Å². The van der Waals surface area contributed by atoms with Gasteiger partial charge in [0, 0.05) is 30.1 Å². The Labute approximate surface area is 151 Å². The third-order valence-electron chi connectivity index (χ3n) is 4.80. The minimum Gasteiger partial charge on any atom is -0.334 e. The van der Waals surface area contributed by atoms with Crippen LogP contribution in [-0.2, 0) is 11.2 Å². The van der Waals surface area contributed by atoms with E-state index in [2.05, 4.69) is 16.5 Å². The van der Waals surface area contributed by atoms with Crippen molar-refractivity contribution < 1.29 is 4.79 Å². The van der Waals surface area contributed by atoms with Crippen LogP contribution in [0.2, 0.25) is 0 Å². The Hall–Kier alpha value is -2.21. The van der Waals surface area contributed by atoms with Crippen molar-refractivity contribution in [2.24, 2.45) is 0 Å². The van der Waals surface area contributed by atoms with E-state index in [0.29, 0.717) is 6.42 Å². The van der Waals surface area contributed by atoms with Crippen LogP contribution >= 0.6 is 11.3 Å². The molecular formula is C19H22N4OS. The van der Waals surface area contributed by atoms with Crippen LogP contribution in [0, 0.1) is 6.92 Å². The molecule has 0 bridgehead atoms. The van der Waals surface area contributed by atoms with Gasteiger partial charge < -0.3 is 4.90 Å². The number of amides is 1. The number of carbonyl (C=O) groups excluding carboxylic acids is 1. The molecule has 0 aromatic carbocycles. The van der Waals surface area contributed by atoms with Gasteiger partial charge in [0.05, 0.1) is 17.4 Å². The van der Waals surface area contributed by atoms with Crippen molar-refractivity contribution in [1.29, 1.82) is 0 Å². The summed E-state index contributed by atoms with van der Waals surface area (Å²) in [4.78, 5) is 20.9. The minimum absolute atomic E-state index is 0.0878. The Morgan fingerprint density at radius 2 is 2.28 bits per heavy atom. The lowest BCUT2D eigenvalue weighted by Crippen LogP contribution is -2.39. The lowest BCUT2D eigenvalue weighted by atomic mass is 9.98. The molecule has 25 heavy (non-hydrogen) atoms. The number of hydrogen-bond acceptors (Lipinski definition) is 4. The lowest BCUT2D eigenvalue weighted by molar-refractivity contribution is -0.135. The van der Waals surface area contributed by atoms with Crippen molar-refractivity contribution >= 4 is 22.9 Å². The highest BCUT2D eigenvalue weighted by molar-refractivity contribution is 7.09. The molecule has 1 aliphatic heterocycles. The van der Waals surface area contributed by atoms with Gasteiger partial charge in [-0.15, -0.1) is 11.3 Å². The smallest absolute Gasteiger partial charge is 0.223 e. The fourth-order valence-corrected chi connectivity index (χ4v) is 4.27. The Morgan fingerprint density at radius 3 is 3.12 bits per heavy atom. The lowest BCUT2D eigenvalue weighted by Gasteiger charge is -2.35. The second-order valence-corrected chi connectivity index (χ2v) is 7.65. The Balaban J connectivity index is 1.53. The molecule has 6 heteroatoms. The maximum Gasteiger partial charge on any atom is 0.223 e. The average Bonchev–Trinajstić information content (AvgIpc) is 3.27. The van der Waals surface area contributed by atoms with Gasteiger partial charge in [-0.05, 0) is 50.1 Å². The number of hydrogen-bond donors (Lipinski definition) is 0. The molecule has 4 rings (SSSR count). The standard InChI is InChI=1S/C19H22N4OS/c1-14-13-18-20-16(9-11-23(18)21-14)17-6-2-3-10-22(17)19(24)8-7-15-5-4-12-25-15/h4-5,9,11-13,17H,2-3,6-8,10H2,1H3. The number of fused-ring (bicyclic) bond motifs is 1. The van der Waals surface area contributed by atoms with Gasteiger partial charge >= 0.3 is 0 Å². The van der Waals surface area contributed by atoms with E-state index in [1.807, 2.05) is 36.2 Å². The first-order chi connectivity index (χ1) is 12.2. The molecule has 1 aliphatic rings. The molecular weight excluding hydrogens is 332 g/mol. The number of likely N-dealkylation sites (tertiary alicyclic amines) is 1. The van der Waals surface area contributed by atoms with E-state index in [-0.39, 0.29) is 11.9 Å². The van der Waals surface area contributed by atoms with Gasteiger partial charge in [0.1, 0.15) is 0 Å². The summed E-state index contributed by atoms with van der Waals surface area (Å²) in [5.41, 5.74) is 2.79. The number of nitrogens with zero attached hydrogens (tertiary/aromatic N) is 4. The number of thiophene rings is 1. The summed E-state index contributed by atoms with van der Waals surface area (Å²) in [6.07, 6.45) is 6.56. The Bertz CT molecular complexity index is 871. The van der Waals surface area contributed by atoms with E-state index in [1.165, 1.54) is 4.88 Å². The zero-order valence-corrected chi connectivity index (χ0v) is 15.2. The number of aryl methyl sites for hydroxylation is 2. The maximum absolute atomic E-state index is 12.8. The number of piperidine rings is 1. The van der Waals surface area contributed by atoms with Gasteiger partial charge in [-0.3, -0.25) is 4.79 Å². The van der Waals surface area contributed by atoms with Crippen LogP contribution in [-0.4, -0.2) is 31.9 Å². The molecule has 130 valence electrons. The molecule has 0 saturated carbocycles. The van der Waals surface area contributed by atoms with Gasteiger partial charge in [0.15, 0.2) is 5.65 Å². The molecule has 1 fully saturated rings. The van der Waals surface area contributed by atoms with Crippen molar-refractivity contribution in [3.05, 3.63) is 52.1 Å². The first-order valence-corrected chi connectivity index (χ1v) is 9.73. The van der Waals surface area contributed by atoms with Crippen LogP contribution in [0.15, 0.2) is 35.8 Å². The second-order valence-electron chi connectivity index (χ2n) is 6.62. The number of aromatic nitrogens is 3. The van der Waals surface area contributed by atoms with E-state index < -0.39 is 0 Å². The molecule has 3 aromatic heterocycles.